The van der Waals surface area contributed by atoms with Crippen LogP contribution in [0.1, 0.15) is 57.4 Å². The fourth-order valence-corrected chi connectivity index (χ4v) is 3.66. The molecule has 2 aromatic rings. The van der Waals surface area contributed by atoms with Gasteiger partial charge in [-0.3, -0.25) is 0 Å². The van der Waals surface area contributed by atoms with Crippen LogP contribution in [0.15, 0.2) is 48.5 Å². The van der Waals surface area contributed by atoms with Crippen LogP contribution < -0.4 is 14.8 Å². The number of hydrogen-bond donors (Lipinski definition) is 1. The van der Waals surface area contributed by atoms with Crippen LogP contribution in [0.2, 0.25) is 0 Å². The Kier molecular flexibility index (Phi) is 7.88. The second-order valence-electron chi connectivity index (χ2n) is 7.51. The van der Waals surface area contributed by atoms with Gasteiger partial charge in [-0.05, 0) is 60.7 Å². The zero-order valence-corrected chi connectivity index (χ0v) is 16.6. The highest BCUT2D eigenvalue weighted by Gasteiger charge is 2.13. The molecular weight excluding hydrogens is 334 g/mol. The molecule has 3 heteroatoms. The Balaban J connectivity index is 1.41. The number of nitrogens with one attached hydrogen (secondary N) is 1. The van der Waals surface area contributed by atoms with Gasteiger partial charge < -0.3 is 14.8 Å². The minimum atomic E-state index is 0.763. The summed E-state index contributed by atoms with van der Waals surface area (Å²) in [6.45, 7) is 4.50. The van der Waals surface area contributed by atoms with Crippen LogP contribution in [0.3, 0.4) is 0 Å². The summed E-state index contributed by atoms with van der Waals surface area (Å²) in [4.78, 5) is 0. The largest absolute Gasteiger partial charge is 0.494 e. The van der Waals surface area contributed by atoms with Gasteiger partial charge >= 0.3 is 0 Å². The van der Waals surface area contributed by atoms with Gasteiger partial charge in [0.2, 0.25) is 0 Å². The summed E-state index contributed by atoms with van der Waals surface area (Å²) in [5.74, 6) is 2.78. The molecule has 27 heavy (non-hydrogen) atoms. The van der Waals surface area contributed by atoms with E-state index in [0.29, 0.717) is 0 Å². The first-order chi connectivity index (χ1) is 13.3. The fraction of sp³-hybridized carbons (Fsp3) is 0.500. The zero-order valence-electron chi connectivity index (χ0n) is 16.6. The molecule has 0 aromatic heterocycles. The molecule has 0 radical (unpaired) electrons. The smallest absolute Gasteiger partial charge is 0.119 e. The Morgan fingerprint density at radius 2 is 1.67 bits per heavy atom. The second kappa shape index (κ2) is 10.9. The lowest BCUT2D eigenvalue weighted by Crippen LogP contribution is -2.10. The van der Waals surface area contributed by atoms with Crippen molar-refractivity contribution < 1.29 is 9.47 Å². The SMILES string of the molecule is CCCOc1cccc(CNc2ccc(OCCC3CCCCC3)cc2)c1. The van der Waals surface area contributed by atoms with Gasteiger partial charge in [0.1, 0.15) is 11.5 Å². The van der Waals surface area contributed by atoms with Crippen LogP contribution in [0.4, 0.5) is 5.69 Å². The van der Waals surface area contributed by atoms with Gasteiger partial charge in [-0.15, -0.1) is 0 Å². The van der Waals surface area contributed by atoms with Crippen molar-refractivity contribution in [1.82, 2.24) is 0 Å². The Labute approximate surface area is 164 Å². The van der Waals surface area contributed by atoms with Crippen LogP contribution >= 0.6 is 0 Å². The number of benzene rings is 2. The molecule has 1 aliphatic carbocycles. The van der Waals surface area contributed by atoms with E-state index >= 15 is 0 Å². The lowest BCUT2D eigenvalue weighted by molar-refractivity contribution is 0.246. The monoisotopic (exact) mass is 367 g/mol. The summed E-state index contributed by atoms with van der Waals surface area (Å²) in [6.07, 6.45) is 9.21. The lowest BCUT2D eigenvalue weighted by atomic mass is 9.87. The Bertz CT molecular complexity index is 662. The highest BCUT2D eigenvalue weighted by molar-refractivity contribution is 5.47. The molecule has 0 bridgehead atoms. The van der Waals surface area contributed by atoms with E-state index < -0.39 is 0 Å². The first-order valence-corrected chi connectivity index (χ1v) is 10.5. The molecule has 146 valence electrons. The minimum absolute atomic E-state index is 0.763. The van der Waals surface area contributed by atoms with Crippen molar-refractivity contribution in [3.05, 3.63) is 54.1 Å². The Morgan fingerprint density at radius 3 is 2.44 bits per heavy atom. The minimum Gasteiger partial charge on any atom is -0.494 e. The van der Waals surface area contributed by atoms with Crippen LogP contribution in [0.25, 0.3) is 0 Å². The third-order valence-electron chi connectivity index (χ3n) is 5.24. The number of anilines is 1. The van der Waals surface area contributed by atoms with E-state index in [1.54, 1.807) is 0 Å². The topological polar surface area (TPSA) is 30.5 Å². The van der Waals surface area contributed by atoms with E-state index in [1.165, 1.54) is 44.1 Å². The molecule has 3 rings (SSSR count). The molecule has 1 fully saturated rings. The summed E-state index contributed by atoms with van der Waals surface area (Å²) in [5, 5.41) is 3.47. The van der Waals surface area contributed by atoms with Gasteiger partial charge in [0.25, 0.3) is 0 Å². The summed E-state index contributed by atoms with van der Waals surface area (Å²) in [5.41, 5.74) is 2.32. The number of rotatable bonds is 10. The Hall–Kier alpha value is -2.16. The van der Waals surface area contributed by atoms with E-state index in [2.05, 4.69) is 48.6 Å². The van der Waals surface area contributed by atoms with Gasteiger partial charge in [0.15, 0.2) is 0 Å². The molecule has 2 aromatic carbocycles. The van der Waals surface area contributed by atoms with Gasteiger partial charge in [-0.1, -0.05) is 51.2 Å². The maximum absolute atomic E-state index is 5.94. The van der Waals surface area contributed by atoms with Crippen molar-refractivity contribution in [1.29, 1.82) is 0 Å². The maximum Gasteiger partial charge on any atom is 0.119 e. The molecule has 1 N–H and O–H groups in total. The van der Waals surface area contributed by atoms with Gasteiger partial charge in [-0.2, -0.15) is 0 Å². The first-order valence-electron chi connectivity index (χ1n) is 10.5. The highest BCUT2D eigenvalue weighted by atomic mass is 16.5. The normalized spacial score (nSPS) is 14.7. The summed E-state index contributed by atoms with van der Waals surface area (Å²) < 4.78 is 11.6. The standard InChI is InChI=1S/C24H33NO2/c1-2-16-26-24-10-6-9-21(18-24)19-25-22-11-13-23(14-12-22)27-17-15-20-7-4-3-5-8-20/h6,9-14,18,20,25H,2-5,7-8,15-17,19H2,1H3. The molecule has 0 heterocycles. The third-order valence-corrected chi connectivity index (χ3v) is 5.24. The van der Waals surface area contributed by atoms with Crippen LogP contribution in [0.5, 0.6) is 11.5 Å². The lowest BCUT2D eigenvalue weighted by Gasteiger charge is -2.21. The summed E-state index contributed by atoms with van der Waals surface area (Å²) in [6, 6.07) is 16.6. The van der Waals surface area contributed by atoms with Crippen LogP contribution in [-0.4, -0.2) is 13.2 Å². The third kappa shape index (κ3) is 6.82. The molecule has 0 spiro atoms. The molecule has 0 atom stereocenters. The van der Waals surface area contributed by atoms with Crippen molar-refractivity contribution in [2.75, 3.05) is 18.5 Å². The van der Waals surface area contributed by atoms with Gasteiger partial charge in [0, 0.05) is 12.2 Å². The molecule has 1 aliphatic rings. The molecule has 1 saturated carbocycles. The zero-order chi connectivity index (χ0) is 18.7. The highest BCUT2D eigenvalue weighted by Crippen LogP contribution is 2.26. The maximum atomic E-state index is 5.94. The predicted octanol–water partition coefficient (Wildman–Crippen LogP) is 6.44. The number of ether oxygens (including phenoxy) is 2. The summed E-state index contributed by atoms with van der Waals surface area (Å²) in [7, 11) is 0. The van der Waals surface area contributed by atoms with Crippen molar-refractivity contribution in [2.45, 2.75) is 58.4 Å². The second-order valence-corrected chi connectivity index (χ2v) is 7.51. The molecule has 0 amide bonds. The quantitative estimate of drug-likeness (QED) is 0.524. The van der Waals surface area contributed by atoms with Crippen LogP contribution in [0, 0.1) is 5.92 Å². The van der Waals surface area contributed by atoms with Crippen molar-refractivity contribution in [3.8, 4) is 11.5 Å². The molecule has 0 aliphatic heterocycles. The molecule has 3 nitrogen and oxygen atoms in total. The van der Waals surface area contributed by atoms with Crippen LogP contribution in [-0.2, 0) is 6.54 Å². The van der Waals surface area contributed by atoms with E-state index in [0.717, 1.165) is 49.3 Å². The van der Waals surface area contributed by atoms with E-state index in [-0.39, 0.29) is 0 Å². The summed E-state index contributed by atoms with van der Waals surface area (Å²) >= 11 is 0. The molecule has 0 unspecified atom stereocenters. The van der Waals surface area contributed by atoms with Gasteiger partial charge in [-0.25, -0.2) is 0 Å². The van der Waals surface area contributed by atoms with Crippen molar-refractivity contribution in [3.63, 3.8) is 0 Å². The van der Waals surface area contributed by atoms with E-state index in [1.807, 2.05) is 12.1 Å². The predicted molar refractivity (Wildman–Crippen MR) is 113 cm³/mol. The number of hydrogen-bond acceptors (Lipinski definition) is 3. The first kappa shape index (κ1) is 19.6. The molecule has 0 saturated heterocycles. The fourth-order valence-electron chi connectivity index (χ4n) is 3.66. The van der Waals surface area contributed by atoms with Crippen molar-refractivity contribution in [2.24, 2.45) is 5.92 Å². The van der Waals surface area contributed by atoms with E-state index in [9.17, 15) is 0 Å². The average Bonchev–Trinajstić information content (AvgIpc) is 2.73. The van der Waals surface area contributed by atoms with E-state index in [4.69, 9.17) is 9.47 Å². The molecular formula is C24H33NO2. The Morgan fingerprint density at radius 1 is 0.889 bits per heavy atom. The average molecular weight is 368 g/mol. The van der Waals surface area contributed by atoms with Gasteiger partial charge in [0.05, 0.1) is 13.2 Å². The van der Waals surface area contributed by atoms with Crippen molar-refractivity contribution >= 4 is 5.69 Å².